The number of fused-ring (bicyclic) bond motifs is 3. The van der Waals surface area contributed by atoms with Gasteiger partial charge < -0.3 is 36.2 Å². The lowest BCUT2D eigenvalue weighted by Crippen LogP contribution is -2.57. The van der Waals surface area contributed by atoms with E-state index < -0.39 is 63.9 Å². The van der Waals surface area contributed by atoms with Gasteiger partial charge in [0.15, 0.2) is 11.4 Å². The first-order valence-corrected chi connectivity index (χ1v) is 13.8. The summed E-state index contributed by atoms with van der Waals surface area (Å²) in [5, 5.41) is 46.3. The standard InChI is InChI=1S/C31H30N2O10/c1-2-43-22(36)8-9-33-30(41)15-5-3-4-14(10-15)18-6-7-20(34)24-19(18)12-16-11-17-13-21(35)25(29(32)40)28(39)31(17,42)27(38)23(16)26(24)37/h3-7,10,16-17,34-35,38,42H,2,8-9,11-13H2,1H3,(H2,32,40)(H,33,41)/t16-,17+,31+/m1/s1. The van der Waals surface area contributed by atoms with E-state index in [-0.39, 0.29) is 55.7 Å². The third-order valence-electron chi connectivity index (χ3n) is 8.30. The molecular weight excluding hydrogens is 560 g/mol. The zero-order chi connectivity index (χ0) is 31.2. The molecule has 0 radical (unpaired) electrons. The number of ketones is 2. The Morgan fingerprint density at radius 3 is 2.53 bits per heavy atom. The molecule has 2 aromatic rings. The van der Waals surface area contributed by atoms with Crippen LogP contribution in [-0.4, -0.2) is 68.5 Å². The van der Waals surface area contributed by atoms with Crippen LogP contribution in [0.5, 0.6) is 5.75 Å². The van der Waals surface area contributed by atoms with Crippen molar-refractivity contribution in [2.24, 2.45) is 17.6 Å². The molecule has 5 rings (SSSR count). The van der Waals surface area contributed by atoms with Gasteiger partial charge in [-0.3, -0.25) is 24.0 Å². The second-order valence-electron chi connectivity index (χ2n) is 10.8. The van der Waals surface area contributed by atoms with E-state index in [9.17, 15) is 44.4 Å². The maximum absolute atomic E-state index is 13.8. The predicted molar refractivity (Wildman–Crippen MR) is 150 cm³/mol. The Morgan fingerprint density at radius 2 is 1.84 bits per heavy atom. The minimum atomic E-state index is -2.64. The minimum Gasteiger partial charge on any atom is -0.511 e. The largest absolute Gasteiger partial charge is 0.511 e. The van der Waals surface area contributed by atoms with Crippen molar-refractivity contribution in [2.75, 3.05) is 13.2 Å². The van der Waals surface area contributed by atoms with Crippen LogP contribution in [0.3, 0.4) is 0 Å². The number of nitrogens with two attached hydrogens (primary N) is 1. The summed E-state index contributed by atoms with van der Waals surface area (Å²) in [6, 6.07) is 9.47. The molecule has 0 bridgehead atoms. The summed E-state index contributed by atoms with van der Waals surface area (Å²) in [4.78, 5) is 63.1. The average molecular weight is 591 g/mol. The van der Waals surface area contributed by atoms with E-state index >= 15 is 0 Å². The number of benzene rings is 2. The lowest BCUT2D eigenvalue weighted by atomic mass is 9.60. The topological polar surface area (TPSA) is 214 Å². The number of aromatic hydroxyl groups is 1. The molecule has 7 N–H and O–H groups in total. The highest BCUT2D eigenvalue weighted by molar-refractivity contribution is 6.24. The fraction of sp³-hybridized carbons (Fsp3) is 0.323. The molecule has 0 aliphatic heterocycles. The molecule has 43 heavy (non-hydrogen) atoms. The van der Waals surface area contributed by atoms with E-state index in [1.54, 1.807) is 37.3 Å². The quantitative estimate of drug-likeness (QED) is 0.204. The zero-order valence-electron chi connectivity index (χ0n) is 23.2. The second kappa shape index (κ2) is 11.0. The number of allylic oxidation sites excluding steroid dienone is 2. The molecule has 0 saturated carbocycles. The number of aliphatic hydroxyl groups excluding tert-OH is 2. The number of Topliss-reactive ketones (excluding diaryl/α,β-unsaturated/α-hetero) is 2. The van der Waals surface area contributed by atoms with Crippen LogP contribution in [0.2, 0.25) is 0 Å². The van der Waals surface area contributed by atoms with E-state index in [0.717, 1.165) is 0 Å². The van der Waals surface area contributed by atoms with Crippen molar-refractivity contribution in [2.45, 2.75) is 38.2 Å². The molecule has 2 aromatic carbocycles. The lowest BCUT2D eigenvalue weighted by Gasteiger charge is -2.45. The Labute approximate surface area is 245 Å². The number of primary amides is 1. The SMILES string of the molecule is CCOC(=O)CCNC(=O)c1cccc(-c2ccc(O)c3c2C[C@H]2C[C@H]4CC(O)=C(C(N)=O)C(=O)[C@@]4(O)C(O)=C2C3=O)c1. The molecule has 0 unspecified atom stereocenters. The van der Waals surface area contributed by atoms with Crippen molar-refractivity contribution >= 4 is 29.4 Å². The van der Waals surface area contributed by atoms with Crippen LogP contribution in [0.15, 0.2) is 59.1 Å². The number of hydrogen-bond donors (Lipinski definition) is 6. The number of amides is 2. The van der Waals surface area contributed by atoms with Gasteiger partial charge in [0.05, 0.1) is 18.6 Å². The highest BCUT2D eigenvalue weighted by Gasteiger charge is 2.59. The van der Waals surface area contributed by atoms with E-state index in [1.807, 2.05) is 0 Å². The fourth-order valence-electron chi connectivity index (χ4n) is 6.33. The smallest absolute Gasteiger partial charge is 0.307 e. The molecule has 0 spiro atoms. The van der Waals surface area contributed by atoms with Crippen molar-refractivity contribution < 1.29 is 49.1 Å². The number of carbonyl (C=O) groups is 5. The average Bonchev–Trinajstić information content (AvgIpc) is 2.95. The molecule has 12 nitrogen and oxygen atoms in total. The molecular formula is C31H30N2O10. The zero-order valence-corrected chi connectivity index (χ0v) is 23.2. The second-order valence-corrected chi connectivity index (χ2v) is 10.8. The number of esters is 1. The van der Waals surface area contributed by atoms with Gasteiger partial charge in [0, 0.05) is 30.0 Å². The van der Waals surface area contributed by atoms with Crippen LogP contribution in [0, 0.1) is 11.8 Å². The van der Waals surface area contributed by atoms with Gasteiger partial charge >= 0.3 is 5.97 Å². The summed E-state index contributed by atoms with van der Waals surface area (Å²) < 4.78 is 4.86. The number of ether oxygens (including phenoxy) is 1. The van der Waals surface area contributed by atoms with Gasteiger partial charge in [-0.1, -0.05) is 18.2 Å². The summed E-state index contributed by atoms with van der Waals surface area (Å²) in [6.07, 6.45) is -0.194. The van der Waals surface area contributed by atoms with Crippen molar-refractivity contribution in [3.63, 3.8) is 0 Å². The van der Waals surface area contributed by atoms with Crippen molar-refractivity contribution in [1.82, 2.24) is 5.32 Å². The van der Waals surface area contributed by atoms with E-state index in [0.29, 0.717) is 22.3 Å². The molecule has 3 atom stereocenters. The maximum atomic E-state index is 13.8. The summed E-state index contributed by atoms with van der Waals surface area (Å²) >= 11 is 0. The molecule has 3 aliphatic carbocycles. The summed E-state index contributed by atoms with van der Waals surface area (Å²) in [5.74, 6) is -7.86. The maximum Gasteiger partial charge on any atom is 0.307 e. The van der Waals surface area contributed by atoms with Crippen LogP contribution in [0.25, 0.3) is 11.1 Å². The molecule has 0 saturated heterocycles. The highest BCUT2D eigenvalue weighted by atomic mass is 16.5. The summed E-state index contributed by atoms with van der Waals surface area (Å²) in [7, 11) is 0. The third-order valence-corrected chi connectivity index (χ3v) is 8.30. The predicted octanol–water partition coefficient (Wildman–Crippen LogP) is 1.93. The normalized spacial score (nSPS) is 22.8. The van der Waals surface area contributed by atoms with Gasteiger partial charge in [0.25, 0.3) is 11.8 Å². The van der Waals surface area contributed by atoms with Crippen LogP contribution in [-0.2, 0) is 25.5 Å². The lowest BCUT2D eigenvalue weighted by molar-refractivity contribution is -0.144. The van der Waals surface area contributed by atoms with Gasteiger partial charge in [-0.2, -0.15) is 0 Å². The Morgan fingerprint density at radius 1 is 1.09 bits per heavy atom. The molecule has 0 aromatic heterocycles. The first-order valence-electron chi connectivity index (χ1n) is 13.8. The van der Waals surface area contributed by atoms with E-state index in [2.05, 4.69) is 5.32 Å². The number of hydrogen-bond acceptors (Lipinski definition) is 10. The minimum absolute atomic E-state index is 0.000915. The number of rotatable bonds is 7. The Balaban J connectivity index is 1.51. The van der Waals surface area contributed by atoms with Gasteiger partial charge in [0.2, 0.25) is 5.78 Å². The first kappa shape index (κ1) is 29.5. The molecule has 3 aliphatic rings. The summed E-state index contributed by atoms with van der Waals surface area (Å²) in [6.45, 7) is 2.00. The van der Waals surface area contributed by atoms with Gasteiger partial charge in [-0.25, -0.2) is 0 Å². The number of phenols is 1. The van der Waals surface area contributed by atoms with E-state index in [1.165, 1.54) is 6.07 Å². The van der Waals surface area contributed by atoms with Crippen LogP contribution in [0.1, 0.15) is 52.5 Å². The Kier molecular flexibility index (Phi) is 7.57. The Bertz CT molecular complexity index is 1660. The number of nitrogens with one attached hydrogen (secondary N) is 1. The first-order chi connectivity index (χ1) is 20.4. The van der Waals surface area contributed by atoms with Crippen LogP contribution < -0.4 is 11.1 Å². The number of aliphatic hydroxyl groups is 3. The number of phenolic OH excluding ortho intramolecular Hbond substituents is 1. The third kappa shape index (κ3) is 4.83. The molecule has 2 amide bonds. The molecule has 12 heteroatoms. The van der Waals surface area contributed by atoms with Crippen molar-refractivity contribution in [3.05, 3.63) is 75.8 Å². The van der Waals surface area contributed by atoms with Gasteiger partial charge in [-0.05, 0) is 60.6 Å². The highest BCUT2D eigenvalue weighted by Crippen LogP contribution is 2.52. The van der Waals surface area contributed by atoms with Crippen molar-refractivity contribution in [3.8, 4) is 16.9 Å². The fourth-order valence-corrected chi connectivity index (χ4v) is 6.33. The van der Waals surface area contributed by atoms with E-state index in [4.69, 9.17) is 10.5 Å². The van der Waals surface area contributed by atoms with Gasteiger partial charge in [-0.15, -0.1) is 0 Å². The number of carbonyl (C=O) groups excluding carboxylic acids is 5. The monoisotopic (exact) mass is 590 g/mol. The molecule has 0 heterocycles. The Hall–Kier alpha value is -4.97. The molecule has 224 valence electrons. The van der Waals surface area contributed by atoms with Crippen molar-refractivity contribution in [1.29, 1.82) is 0 Å². The van der Waals surface area contributed by atoms with Gasteiger partial charge in [0.1, 0.15) is 22.8 Å². The summed E-state index contributed by atoms with van der Waals surface area (Å²) in [5.41, 5.74) is 3.21. The van der Waals surface area contributed by atoms with Crippen LogP contribution >= 0.6 is 0 Å². The molecule has 0 fully saturated rings. The van der Waals surface area contributed by atoms with Crippen LogP contribution in [0.4, 0.5) is 0 Å².